The number of aromatic amines is 1. The molecule has 1 fully saturated rings. The van der Waals surface area contributed by atoms with Crippen molar-refractivity contribution < 1.29 is 33.6 Å². The number of alkyl halides is 1. The van der Waals surface area contributed by atoms with Crippen LogP contribution in [-0.4, -0.2) is 63.8 Å². The SMILES string of the molecule is CC(=O)OCC1OC(Oc2n[nH]c(C)c2Cc2ccc(Cl)cc2Cl)C(O)C(O)C1F. The maximum Gasteiger partial charge on any atom is 0.302 e. The molecule has 5 unspecified atom stereocenters. The third-order valence-corrected chi connectivity index (χ3v) is 5.30. The third kappa shape index (κ3) is 5.04. The van der Waals surface area contributed by atoms with Crippen LogP contribution in [0.3, 0.4) is 0 Å². The number of aryl methyl sites for hydroxylation is 1. The Hall–Kier alpha value is -1.91. The smallest absolute Gasteiger partial charge is 0.302 e. The van der Waals surface area contributed by atoms with Crippen molar-refractivity contribution in [2.45, 2.75) is 51.0 Å². The average Bonchev–Trinajstić information content (AvgIpc) is 3.02. The lowest BCUT2D eigenvalue weighted by Gasteiger charge is -2.38. The average molecular weight is 463 g/mol. The molecule has 0 bridgehead atoms. The molecule has 11 heteroatoms. The second-order valence-electron chi connectivity index (χ2n) is 6.93. The number of hydrogen-bond donors (Lipinski definition) is 3. The van der Waals surface area contributed by atoms with E-state index < -0.39 is 43.3 Å². The highest BCUT2D eigenvalue weighted by Crippen LogP contribution is 2.31. The lowest BCUT2D eigenvalue weighted by molar-refractivity contribution is -0.267. The number of aliphatic hydroxyl groups excluding tert-OH is 2. The van der Waals surface area contributed by atoms with Crippen molar-refractivity contribution in [2.75, 3.05) is 6.61 Å². The summed E-state index contributed by atoms with van der Waals surface area (Å²) in [6.45, 7) is 2.50. The zero-order valence-electron chi connectivity index (χ0n) is 16.1. The lowest BCUT2D eigenvalue weighted by atomic mass is 10.0. The summed E-state index contributed by atoms with van der Waals surface area (Å²) >= 11 is 12.2. The predicted molar refractivity (Wildman–Crippen MR) is 105 cm³/mol. The Balaban J connectivity index is 1.79. The minimum atomic E-state index is -1.97. The Morgan fingerprint density at radius 2 is 2.07 bits per heavy atom. The molecule has 1 aliphatic rings. The maximum absolute atomic E-state index is 14.3. The van der Waals surface area contributed by atoms with Crippen molar-refractivity contribution >= 4 is 29.2 Å². The van der Waals surface area contributed by atoms with Crippen molar-refractivity contribution in [1.29, 1.82) is 0 Å². The number of benzene rings is 1. The van der Waals surface area contributed by atoms with Gasteiger partial charge in [-0.05, 0) is 24.6 Å². The van der Waals surface area contributed by atoms with Crippen LogP contribution < -0.4 is 4.74 Å². The van der Waals surface area contributed by atoms with Gasteiger partial charge in [0.2, 0.25) is 12.2 Å². The summed E-state index contributed by atoms with van der Waals surface area (Å²) in [4.78, 5) is 11.0. The van der Waals surface area contributed by atoms with Crippen molar-refractivity contribution in [3.8, 4) is 5.88 Å². The first-order valence-corrected chi connectivity index (χ1v) is 9.86. The number of aliphatic hydroxyl groups is 2. The van der Waals surface area contributed by atoms with Gasteiger partial charge in [0.25, 0.3) is 0 Å². The van der Waals surface area contributed by atoms with Gasteiger partial charge in [0.1, 0.15) is 24.9 Å². The number of carbonyl (C=O) groups excluding carboxylic acids is 1. The third-order valence-electron chi connectivity index (χ3n) is 4.72. The second-order valence-corrected chi connectivity index (χ2v) is 7.78. The molecule has 0 spiro atoms. The monoisotopic (exact) mass is 462 g/mol. The number of hydrogen-bond acceptors (Lipinski definition) is 7. The van der Waals surface area contributed by atoms with Gasteiger partial charge in [-0.1, -0.05) is 29.3 Å². The van der Waals surface area contributed by atoms with Crippen molar-refractivity contribution in [1.82, 2.24) is 10.2 Å². The van der Waals surface area contributed by atoms with Crippen LogP contribution in [0.2, 0.25) is 10.0 Å². The molecule has 0 amide bonds. The van der Waals surface area contributed by atoms with Gasteiger partial charge >= 0.3 is 5.97 Å². The van der Waals surface area contributed by atoms with Gasteiger partial charge < -0.3 is 24.4 Å². The molecular formula is C19H21Cl2FN2O6. The molecule has 1 saturated heterocycles. The van der Waals surface area contributed by atoms with E-state index in [-0.39, 0.29) is 5.88 Å². The van der Waals surface area contributed by atoms with Gasteiger partial charge in [-0.3, -0.25) is 9.89 Å². The topological polar surface area (TPSA) is 114 Å². The van der Waals surface area contributed by atoms with Crippen molar-refractivity contribution in [2.24, 2.45) is 0 Å². The van der Waals surface area contributed by atoms with E-state index in [1.165, 1.54) is 0 Å². The van der Waals surface area contributed by atoms with E-state index in [4.69, 9.17) is 37.4 Å². The summed E-state index contributed by atoms with van der Waals surface area (Å²) in [5.41, 5.74) is 2.07. The van der Waals surface area contributed by atoms with E-state index in [1.807, 2.05) is 0 Å². The van der Waals surface area contributed by atoms with Gasteiger partial charge in [0, 0.05) is 34.6 Å². The highest BCUT2D eigenvalue weighted by molar-refractivity contribution is 6.35. The summed E-state index contributed by atoms with van der Waals surface area (Å²) in [7, 11) is 0. The Morgan fingerprint density at radius 3 is 2.73 bits per heavy atom. The fourth-order valence-electron chi connectivity index (χ4n) is 3.03. The molecule has 3 rings (SSSR count). The summed E-state index contributed by atoms with van der Waals surface area (Å²) in [6.07, 6.45) is -7.86. The molecule has 5 atom stereocenters. The molecule has 8 nitrogen and oxygen atoms in total. The Morgan fingerprint density at radius 1 is 1.33 bits per heavy atom. The predicted octanol–water partition coefficient (Wildman–Crippen LogP) is 2.34. The minimum absolute atomic E-state index is 0.0957. The quantitative estimate of drug-likeness (QED) is 0.564. The van der Waals surface area contributed by atoms with E-state index in [9.17, 15) is 19.4 Å². The molecule has 2 aromatic rings. The first-order chi connectivity index (χ1) is 14.2. The highest BCUT2D eigenvalue weighted by atomic mass is 35.5. The second kappa shape index (κ2) is 9.49. The Bertz CT molecular complexity index is 911. The van der Waals surface area contributed by atoms with Crippen LogP contribution in [0.15, 0.2) is 18.2 Å². The van der Waals surface area contributed by atoms with Gasteiger partial charge in [0.15, 0.2) is 6.17 Å². The number of nitrogens with zero attached hydrogens (tertiary/aromatic N) is 1. The molecule has 1 aromatic carbocycles. The van der Waals surface area contributed by atoms with Crippen LogP contribution >= 0.6 is 23.2 Å². The maximum atomic E-state index is 14.3. The summed E-state index contributed by atoms with van der Waals surface area (Å²) in [5, 5.41) is 28.0. The first kappa shape index (κ1) is 22.8. The van der Waals surface area contributed by atoms with Crippen molar-refractivity contribution in [3.63, 3.8) is 0 Å². The molecule has 164 valence electrons. The Labute approximate surface area is 181 Å². The van der Waals surface area contributed by atoms with Gasteiger partial charge in [-0.25, -0.2) is 4.39 Å². The normalized spacial score (nSPS) is 26.4. The van der Waals surface area contributed by atoms with Crippen molar-refractivity contribution in [3.05, 3.63) is 45.1 Å². The van der Waals surface area contributed by atoms with Crippen LogP contribution in [0.25, 0.3) is 0 Å². The van der Waals surface area contributed by atoms with E-state index in [1.54, 1.807) is 25.1 Å². The number of halogens is 3. The molecule has 1 aliphatic heterocycles. The van der Waals surface area contributed by atoms with E-state index in [0.29, 0.717) is 27.7 Å². The minimum Gasteiger partial charge on any atom is -0.463 e. The number of esters is 1. The number of H-pyrrole nitrogens is 1. The van der Waals surface area contributed by atoms with Gasteiger partial charge in [0.05, 0.1) is 0 Å². The molecule has 0 saturated carbocycles. The fraction of sp³-hybridized carbons (Fsp3) is 0.474. The largest absolute Gasteiger partial charge is 0.463 e. The molecule has 0 radical (unpaired) electrons. The number of rotatable bonds is 6. The summed E-state index contributed by atoms with van der Waals surface area (Å²) < 4.78 is 30.1. The molecule has 3 N–H and O–H groups in total. The molecule has 1 aromatic heterocycles. The number of aromatic nitrogens is 2. The Kier molecular flexibility index (Phi) is 7.20. The van der Waals surface area contributed by atoms with E-state index in [0.717, 1.165) is 12.5 Å². The zero-order valence-corrected chi connectivity index (χ0v) is 17.7. The van der Waals surface area contributed by atoms with Crippen LogP contribution in [-0.2, 0) is 20.7 Å². The fourth-order valence-corrected chi connectivity index (χ4v) is 3.50. The van der Waals surface area contributed by atoms with E-state index in [2.05, 4.69) is 10.2 Å². The highest BCUT2D eigenvalue weighted by Gasteiger charge is 2.47. The van der Waals surface area contributed by atoms with Gasteiger partial charge in [-0.15, -0.1) is 5.10 Å². The summed E-state index contributed by atoms with van der Waals surface area (Å²) in [5.74, 6) is -0.535. The molecular weight excluding hydrogens is 442 g/mol. The number of nitrogens with one attached hydrogen (secondary N) is 1. The molecule has 30 heavy (non-hydrogen) atoms. The summed E-state index contributed by atoms with van der Waals surface area (Å²) in [6, 6.07) is 5.07. The lowest BCUT2D eigenvalue weighted by Crippen LogP contribution is -2.58. The van der Waals surface area contributed by atoms with Crippen LogP contribution in [0.4, 0.5) is 4.39 Å². The number of ether oxygens (including phenoxy) is 3. The van der Waals surface area contributed by atoms with Crippen LogP contribution in [0.1, 0.15) is 23.7 Å². The first-order valence-electron chi connectivity index (χ1n) is 9.10. The van der Waals surface area contributed by atoms with Gasteiger partial charge in [-0.2, -0.15) is 0 Å². The molecule has 2 heterocycles. The standard InChI is InChI=1S/C19H21Cl2FN2O6/c1-8-12(5-10-3-4-11(20)6-13(10)21)18(24-23-8)30-19-17(27)16(26)15(22)14(29-19)7-28-9(2)25/h3-4,6,14-17,19,26-27H,5,7H2,1-2H3,(H,23,24). The van der Waals surface area contributed by atoms with Crippen LogP contribution in [0.5, 0.6) is 5.88 Å². The zero-order chi connectivity index (χ0) is 22.0. The van der Waals surface area contributed by atoms with Crippen LogP contribution in [0, 0.1) is 6.92 Å². The number of carbonyl (C=O) groups is 1. The molecule has 0 aliphatic carbocycles. The van der Waals surface area contributed by atoms with E-state index >= 15 is 0 Å².